The number of rotatable bonds is 6. The number of fused-ring (bicyclic) bond motifs is 1. The summed E-state index contributed by atoms with van der Waals surface area (Å²) in [6.45, 7) is 5.79. The number of para-hydroxylation sites is 1. The van der Waals surface area contributed by atoms with Crippen LogP contribution >= 0.6 is 0 Å². The summed E-state index contributed by atoms with van der Waals surface area (Å²) in [6.07, 6.45) is 0.494. The Morgan fingerprint density at radius 2 is 1.96 bits per heavy atom. The van der Waals surface area contributed by atoms with Crippen LogP contribution < -0.4 is 14.8 Å². The van der Waals surface area contributed by atoms with Gasteiger partial charge in [-0.05, 0) is 43.0 Å². The molecule has 5 nitrogen and oxygen atoms in total. The molecule has 2 aromatic carbocycles. The van der Waals surface area contributed by atoms with Crippen LogP contribution in [-0.2, 0) is 4.79 Å². The summed E-state index contributed by atoms with van der Waals surface area (Å²) in [5.74, 6) is 1.24. The lowest BCUT2D eigenvalue weighted by Crippen LogP contribution is -2.31. The van der Waals surface area contributed by atoms with Crippen LogP contribution in [0.5, 0.6) is 11.5 Å². The van der Waals surface area contributed by atoms with Gasteiger partial charge in [-0.25, -0.2) is 0 Å². The van der Waals surface area contributed by atoms with Gasteiger partial charge >= 0.3 is 0 Å². The molecular formula is C22H25NO4. The summed E-state index contributed by atoms with van der Waals surface area (Å²) in [5.41, 5.74) is 3.66. The zero-order valence-electron chi connectivity index (χ0n) is 16.2. The van der Waals surface area contributed by atoms with Crippen molar-refractivity contribution in [2.75, 3.05) is 13.7 Å². The van der Waals surface area contributed by atoms with Crippen molar-refractivity contribution >= 4 is 11.7 Å². The van der Waals surface area contributed by atoms with Gasteiger partial charge in [0, 0.05) is 12.0 Å². The lowest BCUT2D eigenvalue weighted by molar-refractivity contribution is -0.123. The van der Waals surface area contributed by atoms with E-state index >= 15 is 0 Å². The lowest BCUT2D eigenvalue weighted by atomic mass is 9.97. The third kappa shape index (κ3) is 3.82. The Balaban J connectivity index is 1.68. The number of ether oxygens (including phenoxy) is 2. The lowest BCUT2D eigenvalue weighted by Gasteiger charge is -2.18. The Bertz CT molecular complexity index is 875. The van der Waals surface area contributed by atoms with E-state index in [1.807, 2.05) is 51.1 Å². The fourth-order valence-corrected chi connectivity index (χ4v) is 3.76. The van der Waals surface area contributed by atoms with Crippen molar-refractivity contribution in [3.63, 3.8) is 0 Å². The second-order valence-electron chi connectivity index (χ2n) is 7.02. The molecule has 5 heteroatoms. The molecule has 0 spiro atoms. The molecule has 2 atom stereocenters. The van der Waals surface area contributed by atoms with Gasteiger partial charge in [-0.15, -0.1) is 0 Å². The van der Waals surface area contributed by atoms with Gasteiger partial charge in [-0.2, -0.15) is 0 Å². The summed E-state index contributed by atoms with van der Waals surface area (Å²) < 4.78 is 11.1. The molecule has 0 heterocycles. The van der Waals surface area contributed by atoms with E-state index < -0.39 is 0 Å². The van der Waals surface area contributed by atoms with Crippen molar-refractivity contribution in [1.82, 2.24) is 5.32 Å². The van der Waals surface area contributed by atoms with Crippen molar-refractivity contribution in [2.45, 2.75) is 39.2 Å². The number of Topliss-reactive ketones (excluding diaryl/α,β-unsaturated/α-hetero) is 1. The van der Waals surface area contributed by atoms with E-state index in [1.54, 1.807) is 13.2 Å². The van der Waals surface area contributed by atoms with Gasteiger partial charge < -0.3 is 14.8 Å². The van der Waals surface area contributed by atoms with E-state index in [1.165, 1.54) is 0 Å². The molecule has 2 aromatic rings. The predicted molar refractivity (Wildman–Crippen MR) is 104 cm³/mol. The molecule has 0 saturated heterocycles. The zero-order valence-corrected chi connectivity index (χ0v) is 16.2. The summed E-state index contributed by atoms with van der Waals surface area (Å²) in [4.78, 5) is 24.7. The van der Waals surface area contributed by atoms with Crippen LogP contribution in [0.3, 0.4) is 0 Å². The molecule has 1 aliphatic carbocycles. The molecule has 0 aliphatic heterocycles. The van der Waals surface area contributed by atoms with Crippen molar-refractivity contribution in [3.8, 4) is 11.5 Å². The maximum Gasteiger partial charge on any atom is 0.258 e. The predicted octanol–water partition coefficient (Wildman–Crippen LogP) is 3.95. The molecule has 0 unspecified atom stereocenters. The van der Waals surface area contributed by atoms with Crippen molar-refractivity contribution in [2.24, 2.45) is 0 Å². The Kier molecular flexibility index (Phi) is 5.49. The highest BCUT2D eigenvalue weighted by atomic mass is 16.5. The zero-order chi connectivity index (χ0) is 19.6. The molecule has 0 saturated carbocycles. The molecule has 1 N–H and O–H groups in total. The van der Waals surface area contributed by atoms with Crippen LogP contribution in [0.15, 0.2) is 36.4 Å². The normalized spacial score (nSPS) is 16.6. The molecule has 1 aliphatic rings. The van der Waals surface area contributed by atoms with Gasteiger partial charge in [0.2, 0.25) is 0 Å². The molecule has 3 rings (SSSR count). The number of hydrogen-bond acceptors (Lipinski definition) is 4. The maximum atomic E-state index is 12.4. The third-order valence-corrected chi connectivity index (χ3v) is 5.03. The fourth-order valence-electron chi connectivity index (χ4n) is 3.76. The number of aryl methyl sites for hydroxylation is 1. The van der Waals surface area contributed by atoms with Gasteiger partial charge in [0.25, 0.3) is 5.91 Å². The van der Waals surface area contributed by atoms with Gasteiger partial charge in [0.15, 0.2) is 12.4 Å². The number of ketones is 1. The highest BCUT2D eigenvalue weighted by molar-refractivity contribution is 6.04. The molecular weight excluding hydrogens is 342 g/mol. The topological polar surface area (TPSA) is 64.6 Å². The number of carbonyl (C=O) groups is 2. The highest BCUT2D eigenvalue weighted by Crippen LogP contribution is 2.40. The van der Waals surface area contributed by atoms with Gasteiger partial charge in [0.05, 0.1) is 18.7 Å². The molecule has 0 aromatic heterocycles. The van der Waals surface area contributed by atoms with Crippen LogP contribution in [0.2, 0.25) is 0 Å². The van der Waals surface area contributed by atoms with E-state index in [-0.39, 0.29) is 30.3 Å². The van der Waals surface area contributed by atoms with E-state index in [4.69, 9.17) is 9.47 Å². The standard InChI is InChI=1S/C22H25NO4/c1-13-9-10-19(22-17(24)11-14(2)21(13)22)27-12-20(25)23-15(3)16-7-5-6-8-18(16)26-4/h5-10,14-15H,11-12H2,1-4H3,(H,23,25)/t14-,15-/m1/s1. The monoisotopic (exact) mass is 367 g/mol. The second-order valence-corrected chi connectivity index (χ2v) is 7.02. The SMILES string of the molecule is COc1ccccc1[C@@H](C)NC(=O)COc1ccc(C)c2c1C(=O)C[C@H]2C. The summed E-state index contributed by atoms with van der Waals surface area (Å²) in [7, 11) is 1.60. The van der Waals surface area contributed by atoms with E-state index in [2.05, 4.69) is 5.32 Å². The van der Waals surface area contributed by atoms with Crippen LogP contribution in [0, 0.1) is 6.92 Å². The number of methoxy groups -OCH3 is 1. The quantitative estimate of drug-likeness (QED) is 0.840. The Morgan fingerprint density at radius 3 is 2.70 bits per heavy atom. The number of benzene rings is 2. The van der Waals surface area contributed by atoms with Crippen LogP contribution in [0.4, 0.5) is 0 Å². The molecule has 0 fully saturated rings. The Morgan fingerprint density at radius 1 is 1.22 bits per heavy atom. The maximum absolute atomic E-state index is 12.4. The first kappa shape index (κ1) is 19.0. The summed E-state index contributed by atoms with van der Waals surface area (Å²) in [5, 5.41) is 2.91. The number of amides is 1. The van der Waals surface area contributed by atoms with E-state index in [0.717, 1.165) is 22.4 Å². The molecule has 142 valence electrons. The van der Waals surface area contributed by atoms with Gasteiger partial charge in [-0.1, -0.05) is 31.2 Å². The number of nitrogens with one attached hydrogen (secondary N) is 1. The number of hydrogen-bond donors (Lipinski definition) is 1. The first-order valence-corrected chi connectivity index (χ1v) is 9.14. The largest absolute Gasteiger partial charge is 0.496 e. The highest BCUT2D eigenvalue weighted by Gasteiger charge is 2.31. The molecule has 1 amide bonds. The first-order valence-electron chi connectivity index (χ1n) is 9.14. The minimum Gasteiger partial charge on any atom is -0.496 e. The molecule has 27 heavy (non-hydrogen) atoms. The summed E-state index contributed by atoms with van der Waals surface area (Å²) in [6, 6.07) is 11.1. The smallest absolute Gasteiger partial charge is 0.258 e. The average molecular weight is 367 g/mol. The van der Waals surface area contributed by atoms with Gasteiger partial charge in [-0.3, -0.25) is 9.59 Å². The van der Waals surface area contributed by atoms with E-state index in [9.17, 15) is 9.59 Å². The van der Waals surface area contributed by atoms with Gasteiger partial charge in [0.1, 0.15) is 11.5 Å². The van der Waals surface area contributed by atoms with Crippen LogP contribution in [-0.4, -0.2) is 25.4 Å². The third-order valence-electron chi connectivity index (χ3n) is 5.03. The van der Waals surface area contributed by atoms with Crippen LogP contribution in [0.25, 0.3) is 0 Å². The minimum absolute atomic E-state index is 0.0824. The van der Waals surface area contributed by atoms with Crippen molar-refractivity contribution in [1.29, 1.82) is 0 Å². The molecule has 0 radical (unpaired) electrons. The summed E-state index contributed by atoms with van der Waals surface area (Å²) >= 11 is 0. The second kappa shape index (κ2) is 7.82. The average Bonchev–Trinajstić information content (AvgIpc) is 2.96. The van der Waals surface area contributed by atoms with E-state index in [0.29, 0.717) is 17.7 Å². The first-order chi connectivity index (χ1) is 12.9. The van der Waals surface area contributed by atoms with Crippen molar-refractivity contribution < 1.29 is 19.1 Å². The minimum atomic E-state index is -0.249. The van der Waals surface area contributed by atoms with Crippen molar-refractivity contribution in [3.05, 3.63) is 58.7 Å². The van der Waals surface area contributed by atoms with Crippen LogP contribution in [0.1, 0.15) is 59.3 Å². The molecule has 0 bridgehead atoms. The fraction of sp³-hybridized carbons (Fsp3) is 0.364. The Labute approximate surface area is 159 Å². The Hall–Kier alpha value is -2.82. The number of carbonyl (C=O) groups excluding carboxylic acids is 2.